The summed E-state index contributed by atoms with van der Waals surface area (Å²) in [7, 11) is 0. The molecular weight excluding hydrogens is 333 g/mol. The van der Waals surface area contributed by atoms with Gasteiger partial charge in [0, 0.05) is 18.2 Å². The fourth-order valence-corrected chi connectivity index (χ4v) is 3.86. The lowest BCUT2D eigenvalue weighted by atomic mass is 9.96. The molecule has 1 aliphatic carbocycles. The number of piperidine rings is 1. The van der Waals surface area contributed by atoms with Crippen LogP contribution >= 0.6 is 0 Å². The molecule has 0 bridgehead atoms. The molecule has 6 heteroatoms. The molecule has 1 saturated heterocycles. The summed E-state index contributed by atoms with van der Waals surface area (Å²) >= 11 is 0. The Bertz CT molecular complexity index is 623. The van der Waals surface area contributed by atoms with Crippen LogP contribution in [-0.2, 0) is 4.79 Å². The Morgan fingerprint density at radius 3 is 2.54 bits per heavy atom. The van der Waals surface area contributed by atoms with E-state index in [0.717, 1.165) is 38.8 Å². The van der Waals surface area contributed by atoms with Crippen molar-refractivity contribution in [3.05, 3.63) is 35.6 Å². The van der Waals surface area contributed by atoms with E-state index in [1.165, 1.54) is 25.0 Å². The van der Waals surface area contributed by atoms with Crippen molar-refractivity contribution in [3.63, 3.8) is 0 Å². The second-order valence-corrected chi connectivity index (χ2v) is 7.49. The van der Waals surface area contributed by atoms with Crippen molar-refractivity contribution in [2.45, 2.75) is 44.6 Å². The van der Waals surface area contributed by atoms with Gasteiger partial charge in [-0.05, 0) is 62.9 Å². The van der Waals surface area contributed by atoms with Crippen LogP contribution in [0, 0.1) is 11.7 Å². The number of hydrogen-bond acceptors (Lipinski definition) is 3. The third-order valence-corrected chi connectivity index (χ3v) is 5.43. The van der Waals surface area contributed by atoms with Gasteiger partial charge in [-0.1, -0.05) is 18.9 Å². The molecule has 1 aliphatic heterocycles. The molecule has 0 aromatic heterocycles. The molecule has 2 aliphatic rings. The van der Waals surface area contributed by atoms with Crippen LogP contribution < -0.4 is 10.6 Å². The first-order valence-corrected chi connectivity index (χ1v) is 9.65. The Morgan fingerprint density at radius 2 is 1.85 bits per heavy atom. The quantitative estimate of drug-likeness (QED) is 0.817. The molecule has 26 heavy (non-hydrogen) atoms. The van der Waals surface area contributed by atoms with Gasteiger partial charge in [0.2, 0.25) is 5.91 Å². The lowest BCUT2D eigenvalue weighted by molar-refractivity contribution is -0.123. The van der Waals surface area contributed by atoms with Gasteiger partial charge in [-0.2, -0.15) is 0 Å². The maximum atomic E-state index is 13.2. The zero-order valence-electron chi connectivity index (χ0n) is 15.2. The number of halogens is 1. The topological polar surface area (TPSA) is 61.4 Å². The molecule has 5 nitrogen and oxygen atoms in total. The van der Waals surface area contributed by atoms with Crippen LogP contribution in [-0.4, -0.2) is 48.9 Å². The van der Waals surface area contributed by atoms with Gasteiger partial charge in [0.25, 0.3) is 5.91 Å². The summed E-state index contributed by atoms with van der Waals surface area (Å²) in [6, 6.07) is 6.11. The minimum absolute atomic E-state index is 0.134. The Hall–Kier alpha value is -1.95. The number of amides is 2. The smallest absolute Gasteiger partial charge is 0.251 e. The summed E-state index contributed by atoms with van der Waals surface area (Å²) in [6.45, 7) is 2.81. The number of nitrogens with one attached hydrogen (secondary N) is 2. The number of rotatable bonds is 6. The summed E-state index contributed by atoms with van der Waals surface area (Å²) in [5, 5.41) is 6.03. The third-order valence-electron chi connectivity index (χ3n) is 5.43. The highest BCUT2D eigenvalue weighted by Crippen LogP contribution is 2.19. The molecule has 0 spiro atoms. The highest BCUT2D eigenvalue weighted by atomic mass is 19.1. The molecule has 2 fully saturated rings. The molecular formula is C20H28FN3O2. The van der Waals surface area contributed by atoms with E-state index in [4.69, 9.17) is 0 Å². The lowest BCUT2D eigenvalue weighted by Gasteiger charge is -2.31. The molecule has 1 heterocycles. The monoisotopic (exact) mass is 361 g/mol. The first-order valence-electron chi connectivity index (χ1n) is 9.65. The summed E-state index contributed by atoms with van der Waals surface area (Å²) < 4.78 is 13.2. The van der Waals surface area contributed by atoms with Crippen molar-refractivity contribution in [3.8, 4) is 0 Å². The van der Waals surface area contributed by atoms with E-state index < -0.39 is 5.82 Å². The second-order valence-electron chi connectivity index (χ2n) is 7.49. The highest BCUT2D eigenvalue weighted by molar-refractivity contribution is 5.94. The van der Waals surface area contributed by atoms with Gasteiger partial charge in [-0.25, -0.2) is 4.39 Å². The van der Waals surface area contributed by atoms with Gasteiger partial charge in [-0.15, -0.1) is 0 Å². The fourth-order valence-electron chi connectivity index (χ4n) is 3.86. The average molecular weight is 361 g/mol. The summed E-state index contributed by atoms with van der Waals surface area (Å²) in [4.78, 5) is 26.4. The number of carbonyl (C=O) groups is 2. The van der Waals surface area contributed by atoms with Crippen LogP contribution in [0.1, 0.15) is 48.9 Å². The summed E-state index contributed by atoms with van der Waals surface area (Å²) in [5.41, 5.74) is 0.353. The largest absolute Gasteiger partial charge is 0.352 e. The van der Waals surface area contributed by atoms with Crippen LogP contribution in [0.3, 0.4) is 0 Å². The minimum Gasteiger partial charge on any atom is -0.352 e. The molecule has 0 unspecified atom stereocenters. The SMILES string of the molecule is O=C(CN1CCC(CNC(=O)c2cccc(F)c2)CC1)NC1CCCC1. The number of benzene rings is 1. The van der Waals surface area contributed by atoms with Crippen LogP contribution in [0.4, 0.5) is 4.39 Å². The van der Waals surface area contributed by atoms with Crippen molar-refractivity contribution in [1.29, 1.82) is 0 Å². The van der Waals surface area contributed by atoms with Gasteiger partial charge < -0.3 is 10.6 Å². The Morgan fingerprint density at radius 1 is 1.12 bits per heavy atom. The lowest BCUT2D eigenvalue weighted by Crippen LogP contribution is -2.45. The van der Waals surface area contributed by atoms with E-state index in [0.29, 0.717) is 30.6 Å². The van der Waals surface area contributed by atoms with E-state index in [-0.39, 0.29) is 11.8 Å². The Balaban J connectivity index is 1.34. The normalized spacial score (nSPS) is 19.4. The Kier molecular flexibility index (Phi) is 6.61. The molecule has 1 aromatic rings. The highest BCUT2D eigenvalue weighted by Gasteiger charge is 2.23. The minimum atomic E-state index is -0.401. The summed E-state index contributed by atoms with van der Waals surface area (Å²) in [6.07, 6.45) is 6.58. The third kappa shape index (κ3) is 5.53. The van der Waals surface area contributed by atoms with Crippen molar-refractivity contribution in [1.82, 2.24) is 15.5 Å². The first kappa shape index (κ1) is 18.8. The zero-order valence-corrected chi connectivity index (χ0v) is 15.2. The number of hydrogen-bond donors (Lipinski definition) is 2. The van der Waals surface area contributed by atoms with Crippen molar-refractivity contribution < 1.29 is 14.0 Å². The number of likely N-dealkylation sites (tertiary alicyclic amines) is 1. The predicted molar refractivity (Wildman–Crippen MR) is 98.3 cm³/mol. The molecule has 1 saturated carbocycles. The van der Waals surface area contributed by atoms with Crippen molar-refractivity contribution in [2.24, 2.45) is 5.92 Å². The van der Waals surface area contributed by atoms with Gasteiger partial charge in [-0.3, -0.25) is 14.5 Å². The van der Waals surface area contributed by atoms with Gasteiger partial charge in [0.1, 0.15) is 5.82 Å². The maximum absolute atomic E-state index is 13.2. The van der Waals surface area contributed by atoms with Crippen LogP contribution in [0.25, 0.3) is 0 Å². The average Bonchev–Trinajstić information content (AvgIpc) is 3.13. The molecule has 2 N–H and O–H groups in total. The molecule has 0 atom stereocenters. The van der Waals surface area contributed by atoms with Gasteiger partial charge in [0.05, 0.1) is 6.54 Å². The summed E-state index contributed by atoms with van der Waals surface area (Å²) in [5.74, 6) is -0.0962. The fraction of sp³-hybridized carbons (Fsp3) is 0.600. The van der Waals surface area contributed by atoms with E-state index in [2.05, 4.69) is 15.5 Å². The zero-order chi connectivity index (χ0) is 18.4. The van der Waals surface area contributed by atoms with E-state index >= 15 is 0 Å². The van der Waals surface area contributed by atoms with Crippen LogP contribution in [0.5, 0.6) is 0 Å². The standard InChI is InChI=1S/C20H28FN3O2/c21-17-5-3-4-16(12-17)20(26)22-13-15-8-10-24(11-9-15)14-19(25)23-18-6-1-2-7-18/h3-5,12,15,18H,1-2,6-11,13-14H2,(H,22,26)(H,23,25). The van der Waals surface area contributed by atoms with E-state index in [9.17, 15) is 14.0 Å². The number of carbonyl (C=O) groups excluding carboxylic acids is 2. The molecule has 2 amide bonds. The van der Waals surface area contributed by atoms with Crippen LogP contribution in [0.2, 0.25) is 0 Å². The molecule has 0 radical (unpaired) electrons. The maximum Gasteiger partial charge on any atom is 0.251 e. The predicted octanol–water partition coefficient (Wildman–Crippen LogP) is 2.33. The molecule has 1 aromatic carbocycles. The molecule has 3 rings (SSSR count). The second kappa shape index (κ2) is 9.12. The van der Waals surface area contributed by atoms with Gasteiger partial charge in [0.15, 0.2) is 0 Å². The van der Waals surface area contributed by atoms with E-state index in [1.807, 2.05) is 0 Å². The van der Waals surface area contributed by atoms with Gasteiger partial charge >= 0.3 is 0 Å². The Labute approximate surface area is 154 Å². The van der Waals surface area contributed by atoms with Crippen molar-refractivity contribution in [2.75, 3.05) is 26.2 Å². The van der Waals surface area contributed by atoms with E-state index in [1.54, 1.807) is 12.1 Å². The molecule has 142 valence electrons. The first-order chi connectivity index (χ1) is 12.6. The van der Waals surface area contributed by atoms with Crippen molar-refractivity contribution >= 4 is 11.8 Å². The van der Waals surface area contributed by atoms with Crippen LogP contribution in [0.15, 0.2) is 24.3 Å². The number of nitrogens with zero attached hydrogens (tertiary/aromatic N) is 1.